The monoisotopic (exact) mass is 385 g/mol. The molecule has 0 aliphatic heterocycles. The number of hydrogen-bond acceptors (Lipinski definition) is 4. The maximum atomic E-state index is 12.5. The van der Waals surface area contributed by atoms with Gasteiger partial charge in [-0.15, -0.1) is 11.6 Å². The first-order chi connectivity index (χ1) is 12.3. The van der Waals surface area contributed by atoms with Crippen molar-refractivity contribution in [2.75, 3.05) is 17.5 Å². The van der Waals surface area contributed by atoms with Crippen LogP contribution in [0, 0.1) is 0 Å². The van der Waals surface area contributed by atoms with Gasteiger partial charge >= 0.3 is 0 Å². The number of carbonyl (C=O) groups excluding carboxylic acids is 1. The van der Waals surface area contributed by atoms with E-state index < -0.39 is 0 Å². The van der Waals surface area contributed by atoms with Crippen LogP contribution < -0.4 is 4.90 Å². The average Bonchev–Trinajstić information content (AvgIpc) is 2.58. The fourth-order valence-corrected chi connectivity index (χ4v) is 2.44. The molecule has 1 aromatic rings. The van der Waals surface area contributed by atoms with Gasteiger partial charge in [0.1, 0.15) is 12.6 Å². The van der Waals surface area contributed by atoms with Crippen molar-refractivity contribution >= 4 is 23.2 Å². The van der Waals surface area contributed by atoms with Gasteiger partial charge < -0.3 is 14.2 Å². The van der Waals surface area contributed by atoms with Crippen molar-refractivity contribution < 1.29 is 19.0 Å². The third kappa shape index (κ3) is 7.62. The summed E-state index contributed by atoms with van der Waals surface area (Å²) in [5.41, 5.74) is 2.59. The van der Waals surface area contributed by atoms with Crippen molar-refractivity contribution in [3.8, 4) is 0 Å². The molecule has 0 atom stereocenters. The third-order valence-corrected chi connectivity index (χ3v) is 3.80. The molecule has 1 amide bonds. The smallest absolute Gasteiger partial charge is 0.243 e. The fraction of sp³-hybridized carbons (Fsp3) is 0.650. The van der Waals surface area contributed by atoms with Gasteiger partial charge in [0, 0.05) is 11.1 Å². The number of ether oxygens (including phenoxy) is 3. The number of anilines is 1. The number of para-hydroxylation sites is 1. The molecule has 0 heterocycles. The molecule has 0 saturated heterocycles. The van der Waals surface area contributed by atoms with E-state index in [1.165, 1.54) is 0 Å². The molecule has 0 aliphatic rings. The van der Waals surface area contributed by atoms with Crippen LogP contribution in [-0.2, 0) is 32.2 Å². The lowest BCUT2D eigenvalue weighted by Gasteiger charge is -2.28. The Balaban J connectivity index is 3.29. The van der Waals surface area contributed by atoms with Gasteiger partial charge in [-0.05, 0) is 41.5 Å². The first kappa shape index (κ1) is 22.9. The van der Waals surface area contributed by atoms with Crippen LogP contribution in [0.5, 0.6) is 0 Å². The van der Waals surface area contributed by atoms with Crippen LogP contribution in [0.25, 0.3) is 0 Å². The molecule has 6 heteroatoms. The number of benzene rings is 1. The molecule has 0 spiro atoms. The summed E-state index contributed by atoms with van der Waals surface area (Å²) in [7, 11) is 0. The minimum atomic E-state index is -0.213. The predicted octanol–water partition coefficient (Wildman–Crippen LogP) is 4.49. The first-order valence-corrected chi connectivity index (χ1v) is 9.61. The molecule has 0 unspecified atom stereocenters. The molecule has 0 aromatic heterocycles. The quantitative estimate of drug-likeness (QED) is 0.416. The average molecular weight is 386 g/mol. The van der Waals surface area contributed by atoms with Crippen LogP contribution in [0.3, 0.4) is 0 Å². The van der Waals surface area contributed by atoms with E-state index in [0.29, 0.717) is 13.2 Å². The van der Waals surface area contributed by atoms with Crippen molar-refractivity contribution in [2.24, 2.45) is 0 Å². The molecule has 0 bridgehead atoms. The van der Waals surface area contributed by atoms with Crippen LogP contribution in [0.1, 0.15) is 52.7 Å². The number of hydrogen-bond donors (Lipinski definition) is 0. The van der Waals surface area contributed by atoms with Crippen LogP contribution in [-0.4, -0.2) is 36.8 Å². The normalized spacial score (nSPS) is 11.6. The van der Waals surface area contributed by atoms with E-state index >= 15 is 0 Å². The number of alkyl halides is 1. The topological polar surface area (TPSA) is 48.0 Å². The van der Waals surface area contributed by atoms with Crippen molar-refractivity contribution in [3.05, 3.63) is 29.3 Å². The summed E-state index contributed by atoms with van der Waals surface area (Å²) in [6, 6.07) is 5.87. The lowest BCUT2D eigenvalue weighted by atomic mass is 10.1. The second kappa shape index (κ2) is 11.5. The second-order valence-corrected chi connectivity index (χ2v) is 7.21. The highest BCUT2D eigenvalue weighted by Gasteiger charge is 2.22. The fourth-order valence-electron chi connectivity index (χ4n) is 2.29. The zero-order chi connectivity index (χ0) is 19.7. The van der Waals surface area contributed by atoms with E-state index in [1.54, 1.807) is 4.90 Å². The van der Waals surface area contributed by atoms with Crippen LogP contribution in [0.2, 0.25) is 0 Å². The Kier molecular flexibility index (Phi) is 10.2. The zero-order valence-corrected chi connectivity index (χ0v) is 17.5. The van der Waals surface area contributed by atoms with Crippen molar-refractivity contribution in [1.82, 2.24) is 0 Å². The van der Waals surface area contributed by atoms with Gasteiger partial charge in [-0.1, -0.05) is 18.2 Å². The first-order valence-electron chi connectivity index (χ1n) is 9.08. The maximum Gasteiger partial charge on any atom is 0.243 e. The molecular formula is C20H32ClNO4. The predicted molar refractivity (Wildman–Crippen MR) is 106 cm³/mol. The van der Waals surface area contributed by atoms with E-state index in [1.807, 2.05) is 59.7 Å². The Bertz CT molecular complexity index is 530. The van der Waals surface area contributed by atoms with Gasteiger partial charge in [0.05, 0.1) is 37.2 Å². The molecule has 1 rings (SSSR count). The summed E-state index contributed by atoms with van der Waals surface area (Å²) < 4.78 is 17.3. The van der Waals surface area contributed by atoms with Crippen molar-refractivity contribution in [2.45, 2.75) is 73.1 Å². The van der Waals surface area contributed by atoms with E-state index in [2.05, 4.69) is 0 Å². The highest BCUT2D eigenvalue weighted by Crippen LogP contribution is 2.29. The highest BCUT2D eigenvalue weighted by molar-refractivity contribution is 6.29. The standard InChI is InChI=1S/C20H32ClNO4/c1-14(2)24-11-17-8-7-9-18(12-25-15(3)4)20(17)22(19(23)10-21)13-26-16(5)6/h7-9,14-16H,10-13H2,1-6H3. The van der Waals surface area contributed by atoms with Gasteiger partial charge in [-0.2, -0.15) is 0 Å². The number of halogens is 1. The Morgan fingerprint density at radius 2 is 1.38 bits per heavy atom. The summed E-state index contributed by atoms with van der Waals surface area (Å²) >= 11 is 5.86. The zero-order valence-electron chi connectivity index (χ0n) is 16.8. The maximum absolute atomic E-state index is 12.5. The number of amides is 1. The summed E-state index contributed by atoms with van der Waals surface area (Å²) in [4.78, 5) is 14.1. The van der Waals surface area contributed by atoms with E-state index in [9.17, 15) is 4.79 Å². The molecule has 1 aromatic carbocycles. The Hall–Kier alpha value is -1.14. The molecule has 26 heavy (non-hydrogen) atoms. The number of carbonyl (C=O) groups is 1. The lowest BCUT2D eigenvalue weighted by Crippen LogP contribution is -2.37. The van der Waals surface area contributed by atoms with Gasteiger partial charge in [0.15, 0.2) is 0 Å². The summed E-state index contributed by atoms with van der Waals surface area (Å²) in [5.74, 6) is -0.333. The van der Waals surface area contributed by atoms with Crippen molar-refractivity contribution in [1.29, 1.82) is 0 Å². The Morgan fingerprint density at radius 1 is 0.923 bits per heavy atom. The summed E-state index contributed by atoms with van der Waals surface area (Å²) in [6.07, 6.45) is 0.167. The molecule has 148 valence electrons. The number of nitrogens with zero attached hydrogens (tertiary/aromatic N) is 1. The molecule has 0 radical (unpaired) electrons. The molecule has 0 N–H and O–H groups in total. The third-order valence-electron chi connectivity index (χ3n) is 3.57. The second-order valence-electron chi connectivity index (χ2n) is 6.94. The molecular weight excluding hydrogens is 354 g/mol. The molecule has 5 nitrogen and oxygen atoms in total. The minimum absolute atomic E-state index is 0.00457. The molecule has 0 saturated carbocycles. The minimum Gasteiger partial charge on any atom is -0.374 e. The largest absolute Gasteiger partial charge is 0.374 e. The van der Waals surface area contributed by atoms with E-state index in [0.717, 1.165) is 16.8 Å². The highest BCUT2D eigenvalue weighted by atomic mass is 35.5. The summed E-state index contributed by atoms with van der Waals surface area (Å²) in [5, 5.41) is 0. The van der Waals surface area contributed by atoms with Crippen LogP contribution in [0.4, 0.5) is 5.69 Å². The van der Waals surface area contributed by atoms with Gasteiger partial charge in [-0.3, -0.25) is 9.69 Å². The lowest BCUT2D eigenvalue weighted by molar-refractivity contribution is -0.117. The molecule has 0 aliphatic carbocycles. The SMILES string of the molecule is CC(C)OCc1cccc(COC(C)C)c1N(COC(C)C)C(=O)CCl. The van der Waals surface area contributed by atoms with Crippen LogP contribution in [0.15, 0.2) is 18.2 Å². The van der Waals surface area contributed by atoms with Crippen LogP contribution >= 0.6 is 11.6 Å². The van der Waals surface area contributed by atoms with Gasteiger partial charge in [0.2, 0.25) is 5.91 Å². The molecule has 0 fully saturated rings. The Morgan fingerprint density at radius 3 is 1.77 bits per heavy atom. The summed E-state index contributed by atoms with van der Waals surface area (Å²) in [6.45, 7) is 12.7. The van der Waals surface area contributed by atoms with Crippen molar-refractivity contribution in [3.63, 3.8) is 0 Å². The Labute approximate surface area is 162 Å². The van der Waals surface area contributed by atoms with E-state index in [4.69, 9.17) is 25.8 Å². The number of rotatable bonds is 11. The van der Waals surface area contributed by atoms with E-state index in [-0.39, 0.29) is 36.8 Å². The van der Waals surface area contributed by atoms with Gasteiger partial charge in [0.25, 0.3) is 0 Å². The van der Waals surface area contributed by atoms with Gasteiger partial charge in [-0.25, -0.2) is 0 Å².